The lowest BCUT2D eigenvalue weighted by Gasteiger charge is -2.29. The van der Waals surface area contributed by atoms with Gasteiger partial charge in [0.05, 0.1) is 18.6 Å². The van der Waals surface area contributed by atoms with Gasteiger partial charge in [0.15, 0.2) is 0 Å². The first-order chi connectivity index (χ1) is 11.4. The van der Waals surface area contributed by atoms with Crippen LogP contribution < -0.4 is 4.74 Å². The molecule has 1 aromatic carbocycles. The molecule has 0 bridgehead atoms. The highest BCUT2D eigenvalue weighted by molar-refractivity contribution is 8.00. The van der Waals surface area contributed by atoms with Gasteiger partial charge in [-0.2, -0.15) is 5.10 Å². The van der Waals surface area contributed by atoms with Gasteiger partial charge in [-0.25, -0.2) is 0 Å². The summed E-state index contributed by atoms with van der Waals surface area (Å²) in [5, 5.41) is 4.02. The molecule has 2 aromatic rings. The smallest absolute Gasteiger partial charge is 0.236 e. The number of aryl methyl sites for hydroxylation is 1. The first-order valence-corrected chi connectivity index (χ1v) is 8.87. The monoisotopic (exact) mass is 347 g/mol. The third kappa shape index (κ3) is 4.77. The molecule has 1 atom stereocenters. The van der Waals surface area contributed by atoms with E-state index in [1.165, 1.54) is 0 Å². The summed E-state index contributed by atoms with van der Waals surface area (Å²) in [6.07, 6.45) is 3.76. The van der Waals surface area contributed by atoms with Gasteiger partial charge in [-0.15, -0.1) is 11.8 Å². The number of carbonyl (C=O) groups is 1. The van der Waals surface area contributed by atoms with Crippen molar-refractivity contribution in [2.45, 2.75) is 43.5 Å². The molecule has 24 heavy (non-hydrogen) atoms. The number of ether oxygens (including phenoxy) is 1. The Labute approximate surface area is 148 Å². The van der Waals surface area contributed by atoms with Crippen LogP contribution in [0.5, 0.6) is 5.75 Å². The van der Waals surface area contributed by atoms with Gasteiger partial charge < -0.3 is 9.64 Å². The number of carbonyl (C=O) groups excluding carboxylic acids is 1. The second kappa shape index (κ2) is 8.24. The Morgan fingerprint density at radius 1 is 1.29 bits per heavy atom. The minimum atomic E-state index is -0.155. The molecule has 6 heteroatoms. The van der Waals surface area contributed by atoms with Crippen molar-refractivity contribution in [2.24, 2.45) is 7.05 Å². The van der Waals surface area contributed by atoms with Gasteiger partial charge in [0, 0.05) is 36.3 Å². The molecule has 0 aliphatic heterocycles. The van der Waals surface area contributed by atoms with E-state index in [1.807, 2.05) is 69.4 Å². The topological polar surface area (TPSA) is 47.4 Å². The van der Waals surface area contributed by atoms with E-state index in [-0.39, 0.29) is 17.2 Å². The predicted molar refractivity (Wildman–Crippen MR) is 97.2 cm³/mol. The molecular weight excluding hydrogens is 322 g/mol. The fourth-order valence-corrected chi connectivity index (χ4v) is 3.35. The van der Waals surface area contributed by atoms with Crippen molar-refractivity contribution in [1.82, 2.24) is 14.7 Å². The Hall–Kier alpha value is -1.95. The summed E-state index contributed by atoms with van der Waals surface area (Å²) in [6.45, 7) is 6.62. The van der Waals surface area contributed by atoms with Gasteiger partial charge in [-0.3, -0.25) is 9.48 Å². The molecule has 0 saturated heterocycles. The highest BCUT2D eigenvalue weighted by atomic mass is 32.2. The lowest BCUT2D eigenvalue weighted by atomic mass is 10.2. The number of thioether (sulfide) groups is 1. The zero-order valence-corrected chi connectivity index (χ0v) is 15.7. The lowest BCUT2D eigenvalue weighted by Crippen LogP contribution is -2.40. The Morgan fingerprint density at radius 2 is 1.96 bits per heavy atom. The molecule has 0 unspecified atom stereocenters. The summed E-state index contributed by atoms with van der Waals surface area (Å²) >= 11 is 1.56. The van der Waals surface area contributed by atoms with E-state index in [9.17, 15) is 4.79 Å². The second-order valence-corrected chi connectivity index (χ2v) is 7.43. The number of hydrogen-bond donors (Lipinski definition) is 0. The summed E-state index contributed by atoms with van der Waals surface area (Å²) in [7, 11) is 3.53. The highest BCUT2D eigenvalue weighted by Gasteiger charge is 2.24. The molecule has 0 saturated carbocycles. The Kier molecular flexibility index (Phi) is 6.31. The maximum atomic E-state index is 12.9. The normalized spacial score (nSPS) is 12.2. The summed E-state index contributed by atoms with van der Waals surface area (Å²) in [4.78, 5) is 15.8. The maximum Gasteiger partial charge on any atom is 0.236 e. The average molecular weight is 347 g/mol. The summed E-state index contributed by atoms with van der Waals surface area (Å²) in [5.74, 6) is 0.952. The molecule has 130 valence electrons. The first-order valence-electron chi connectivity index (χ1n) is 7.99. The maximum absolute atomic E-state index is 12.9. The molecule has 5 nitrogen and oxygen atoms in total. The quantitative estimate of drug-likeness (QED) is 0.721. The highest BCUT2D eigenvalue weighted by Crippen LogP contribution is 2.27. The summed E-state index contributed by atoms with van der Waals surface area (Å²) < 4.78 is 6.93. The van der Waals surface area contributed by atoms with Gasteiger partial charge in [0.2, 0.25) is 5.91 Å². The van der Waals surface area contributed by atoms with Gasteiger partial charge in [-0.1, -0.05) is 0 Å². The Bertz CT molecular complexity index is 667. The molecule has 0 N–H and O–H groups in total. The fourth-order valence-electron chi connectivity index (χ4n) is 2.41. The molecule has 1 amide bonds. The number of rotatable bonds is 7. The number of benzene rings is 1. The van der Waals surface area contributed by atoms with Crippen LogP contribution >= 0.6 is 11.8 Å². The van der Waals surface area contributed by atoms with Gasteiger partial charge in [0.25, 0.3) is 0 Å². The van der Waals surface area contributed by atoms with Crippen molar-refractivity contribution in [1.29, 1.82) is 0 Å². The minimum Gasteiger partial charge on any atom is -0.497 e. The van der Waals surface area contributed by atoms with E-state index in [4.69, 9.17) is 4.74 Å². The van der Waals surface area contributed by atoms with Crippen molar-refractivity contribution in [3.63, 3.8) is 0 Å². The van der Waals surface area contributed by atoms with Crippen LogP contribution in [-0.4, -0.2) is 39.0 Å². The molecule has 1 heterocycles. The zero-order valence-electron chi connectivity index (χ0n) is 14.9. The second-order valence-electron chi connectivity index (χ2n) is 6.02. The van der Waals surface area contributed by atoms with E-state index < -0.39 is 0 Å². The minimum absolute atomic E-state index is 0.134. The zero-order chi connectivity index (χ0) is 17.7. The molecule has 2 rings (SSSR count). The molecule has 0 spiro atoms. The number of methoxy groups -OCH3 is 1. The van der Waals surface area contributed by atoms with Crippen LogP contribution in [0.4, 0.5) is 0 Å². The number of nitrogens with zero attached hydrogens (tertiary/aromatic N) is 3. The number of amides is 1. The van der Waals surface area contributed by atoms with Gasteiger partial charge in [0.1, 0.15) is 5.75 Å². The molecule has 0 aliphatic rings. The van der Waals surface area contributed by atoms with Crippen LogP contribution in [0.1, 0.15) is 26.3 Å². The third-order valence-corrected chi connectivity index (χ3v) is 4.84. The molecule has 0 fully saturated rings. The number of aromatic nitrogens is 2. The first kappa shape index (κ1) is 18.4. The van der Waals surface area contributed by atoms with Crippen molar-refractivity contribution in [3.05, 3.63) is 42.2 Å². The van der Waals surface area contributed by atoms with Crippen LogP contribution in [0.3, 0.4) is 0 Å². The van der Waals surface area contributed by atoms with Gasteiger partial charge in [-0.05, 0) is 45.0 Å². The van der Waals surface area contributed by atoms with E-state index >= 15 is 0 Å². The Morgan fingerprint density at radius 3 is 2.46 bits per heavy atom. The Balaban J connectivity index is 2.04. The number of hydrogen-bond acceptors (Lipinski definition) is 4. The van der Waals surface area contributed by atoms with Crippen molar-refractivity contribution in [3.8, 4) is 5.75 Å². The lowest BCUT2D eigenvalue weighted by molar-refractivity contribution is -0.132. The van der Waals surface area contributed by atoms with Crippen LogP contribution in [0.2, 0.25) is 0 Å². The van der Waals surface area contributed by atoms with Crippen molar-refractivity contribution >= 4 is 17.7 Å². The third-order valence-electron chi connectivity index (χ3n) is 3.74. The average Bonchev–Trinajstić information content (AvgIpc) is 2.97. The van der Waals surface area contributed by atoms with Crippen LogP contribution in [0, 0.1) is 0 Å². The van der Waals surface area contributed by atoms with Crippen LogP contribution in [0.25, 0.3) is 0 Å². The van der Waals surface area contributed by atoms with Crippen molar-refractivity contribution in [2.75, 3.05) is 7.11 Å². The largest absolute Gasteiger partial charge is 0.497 e. The van der Waals surface area contributed by atoms with Gasteiger partial charge >= 0.3 is 0 Å². The van der Waals surface area contributed by atoms with Crippen molar-refractivity contribution < 1.29 is 9.53 Å². The molecule has 1 aromatic heterocycles. The molecule has 0 aliphatic carbocycles. The van der Waals surface area contributed by atoms with E-state index in [1.54, 1.807) is 23.6 Å². The summed E-state index contributed by atoms with van der Waals surface area (Å²) in [6, 6.07) is 7.92. The standard InChI is InChI=1S/C18H25N3O2S/c1-13(2)21(12-15-10-19-20(4)11-15)18(22)14(3)24-17-8-6-16(23-5)7-9-17/h6-11,13-14H,12H2,1-5H3/t14-/m0/s1. The van der Waals surface area contributed by atoms with Crippen LogP contribution in [-0.2, 0) is 18.4 Å². The van der Waals surface area contributed by atoms with Crippen LogP contribution in [0.15, 0.2) is 41.6 Å². The summed E-state index contributed by atoms with van der Waals surface area (Å²) in [5.41, 5.74) is 1.04. The predicted octanol–water partition coefficient (Wildman–Crippen LogP) is 3.35. The SMILES string of the molecule is COc1ccc(S[C@@H](C)C(=O)N(Cc2cnn(C)c2)C(C)C)cc1. The fraction of sp³-hybridized carbons (Fsp3) is 0.444. The molecule has 0 radical (unpaired) electrons. The molecular formula is C18H25N3O2S. The van der Waals surface area contributed by atoms with E-state index in [0.29, 0.717) is 6.54 Å². The van der Waals surface area contributed by atoms with E-state index in [0.717, 1.165) is 16.2 Å². The van der Waals surface area contributed by atoms with E-state index in [2.05, 4.69) is 5.10 Å².